The molecular formula is C29H39N7O4S. The van der Waals surface area contributed by atoms with E-state index in [1.54, 1.807) is 31.3 Å². The van der Waals surface area contributed by atoms with Crippen LogP contribution in [0.25, 0.3) is 0 Å². The predicted octanol–water partition coefficient (Wildman–Crippen LogP) is 2.58. The van der Waals surface area contributed by atoms with E-state index in [4.69, 9.17) is 0 Å². The Labute approximate surface area is 243 Å². The minimum absolute atomic E-state index is 0.0590. The number of urea groups is 1. The highest BCUT2D eigenvalue weighted by Gasteiger charge is 2.56. The molecule has 1 saturated heterocycles. The van der Waals surface area contributed by atoms with Crippen molar-refractivity contribution in [1.29, 1.82) is 0 Å². The molecule has 41 heavy (non-hydrogen) atoms. The lowest BCUT2D eigenvalue weighted by Crippen LogP contribution is -2.68. The molecule has 0 bridgehead atoms. The Hall–Kier alpha value is -3.41. The summed E-state index contributed by atoms with van der Waals surface area (Å²) < 4.78 is 1.50. The fourth-order valence-corrected chi connectivity index (χ4v) is 8.14. The van der Waals surface area contributed by atoms with E-state index in [1.165, 1.54) is 16.0 Å². The van der Waals surface area contributed by atoms with Gasteiger partial charge in [0, 0.05) is 50.1 Å². The molecule has 2 atom stereocenters. The Kier molecular flexibility index (Phi) is 7.29. The summed E-state index contributed by atoms with van der Waals surface area (Å²) in [6.45, 7) is 1.27. The summed E-state index contributed by atoms with van der Waals surface area (Å²) in [5, 5.41) is 16.7. The average Bonchev–Trinajstić information content (AvgIpc) is 3.38. The molecule has 11 nitrogen and oxygen atoms in total. The summed E-state index contributed by atoms with van der Waals surface area (Å²) in [6.07, 6.45) is 10.3. The zero-order valence-electron chi connectivity index (χ0n) is 23.8. The molecule has 0 aromatic carbocycles. The van der Waals surface area contributed by atoms with E-state index in [-0.39, 0.29) is 35.1 Å². The third kappa shape index (κ3) is 5.22. The van der Waals surface area contributed by atoms with E-state index in [9.17, 15) is 19.2 Å². The topological polar surface area (TPSA) is 137 Å². The lowest BCUT2D eigenvalue weighted by molar-refractivity contribution is -0.133. The van der Waals surface area contributed by atoms with Gasteiger partial charge in [-0.2, -0.15) is 5.10 Å². The lowest BCUT2D eigenvalue weighted by Gasteiger charge is -2.48. The molecule has 0 radical (unpaired) electrons. The van der Waals surface area contributed by atoms with Crippen LogP contribution in [-0.2, 0) is 29.5 Å². The normalized spacial score (nSPS) is 24.2. The van der Waals surface area contributed by atoms with Crippen LogP contribution in [0.5, 0.6) is 0 Å². The van der Waals surface area contributed by atoms with Gasteiger partial charge in [0.05, 0.1) is 5.00 Å². The maximum Gasteiger partial charge on any atom is 0.318 e. The minimum Gasteiger partial charge on any atom is -0.357 e. The molecule has 220 valence electrons. The molecule has 3 fully saturated rings. The maximum atomic E-state index is 13.7. The number of anilines is 1. The van der Waals surface area contributed by atoms with E-state index in [0.29, 0.717) is 43.0 Å². The van der Waals surface area contributed by atoms with Crippen LogP contribution in [0.15, 0.2) is 18.3 Å². The summed E-state index contributed by atoms with van der Waals surface area (Å²) >= 11 is 1.46. The van der Waals surface area contributed by atoms with Crippen LogP contribution in [-0.4, -0.2) is 70.2 Å². The number of thiophene rings is 1. The number of hydrogen-bond donors (Lipinski definition) is 4. The van der Waals surface area contributed by atoms with Crippen LogP contribution in [0.2, 0.25) is 0 Å². The third-order valence-corrected chi connectivity index (χ3v) is 10.7. The first-order chi connectivity index (χ1) is 19.7. The summed E-state index contributed by atoms with van der Waals surface area (Å²) in [6, 6.07) is 2.79. The van der Waals surface area contributed by atoms with Gasteiger partial charge in [0.25, 0.3) is 5.91 Å². The Morgan fingerprint density at radius 2 is 1.95 bits per heavy atom. The second-order valence-electron chi connectivity index (χ2n) is 12.3. The van der Waals surface area contributed by atoms with E-state index >= 15 is 0 Å². The van der Waals surface area contributed by atoms with Crippen molar-refractivity contribution in [2.45, 2.75) is 75.8 Å². The molecular weight excluding hydrogens is 542 g/mol. The van der Waals surface area contributed by atoms with Crippen molar-refractivity contribution >= 4 is 40.1 Å². The number of fused-ring (bicyclic) bond motifs is 1. The minimum atomic E-state index is -0.963. The first kappa shape index (κ1) is 27.7. The summed E-state index contributed by atoms with van der Waals surface area (Å²) in [5.41, 5.74) is 0.620. The zero-order chi connectivity index (χ0) is 28.8. The van der Waals surface area contributed by atoms with Gasteiger partial charge in [-0.05, 0) is 62.1 Å². The van der Waals surface area contributed by atoms with Crippen LogP contribution in [0.4, 0.5) is 9.80 Å². The third-order valence-electron chi connectivity index (χ3n) is 9.62. The van der Waals surface area contributed by atoms with Gasteiger partial charge in [0.15, 0.2) is 0 Å². The van der Waals surface area contributed by atoms with Gasteiger partial charge < -0.3 is 26.2 Å². The maximum absolute atomic E-state index is 13.7. The SMILES string of the molecule is CNC(=O)C1(N2CC3(CC3)CNC2=O)CCc2cc(NC(=O)[C@@H](NC(=O)c3ccnn3C)C3CCCCC3)sc2C1. The Morgan fingerprint density at radius 1 is 1.17 bits per heavy atom. The van der Waals surface area contributed by atoms with Crippen molar-refractivity contribution < 1.29 is 19.2 Å². The van der Waals surface area contributed by atoms with Gasteiger partial charge in [-0.1, -0.05) is 19.3 Å². The molecule has 3 heterocycles. The number of aryl methyl sites for hydroxylation is 2. The molecule has 6 rings (SSSR count). The number of carbonyl (C=O) groups is 4. The monoisotopic (exact) mass is 581 g/mol. The highest BCUT2D eigenvalue weighted by atomic mass is 32.1. The van der Waals surface area contributed by atoms with Crippen LogP contribution in [0, 0.1) is 11.3 Å². The molecule has 1 spiro atoms. The van der Waals surface area contributed by atoms with Crippen LogP contribution < -0.4 is 21.3 Å². The summed E-state index contributed by atoms with van der Waals surface area (Å²) in [4.78, 5) is 56.0. The van der Waals surface area contributed by atoms with Gasteiger partial charge in [-0.25, -0.2) is 4.79 Å². The summed E-state index contributed by atoms with van der Waals surface area (Å²) in [5.74, 6) is -0.631. The molecule has 2 aromatic heterocycles. The number of nitrogens with one attached hydrogen (secondary N) is 4. The van der Waals surface area contributed by atoms with E-state index < -0.39 is 11.6 Å². The molecule has 4 aliphatic rings. The first-order valence-electron chi connectivity index (χ1n) is 14.7. The van der Waals surface area contributed by atoms with Crippen LogP contribution in [0.3, 0.4) is 0 Å². The number of hydrogen-bond acceptors (Lipinski definition) is 6. The Balaban J connectivity index is 1.22. The van der Waals surface area contributed by atoms with Crippen LogP contribution >= 0.6 is 11.3 Å². The molecule has 5 amide bonds. The van der Waals surface area contributed by atoms with E-state index in [0.717, 1.165) is 55.4 Å². The van der Waals surface area contributed by atoms with Gasteiger partial charge in [0.1, 0.15) is 17.3 Å². The second kappa shape index (κ2) is 10.8. The Morgan fingerprint density at radius 3 is 2.63 bits per heavy atom. The van der Waals surface area contributed by atoms with Crippen molar-refractivity contribution in [3.63, 3.8) is 0 Å². The number of carbonyl (C=O) groups excluding carboxylic acids is 4. The number of rotatable bonds is 7. The average molecular weight is 582 g/mol. The fourth-order valence-electron chi connectivity index (χ4n) is 6.92. The van der Waals surface area contributed by atoms with Gasteiger partial charge in [-0.15, -0.1) is 11.3 Å². The molecule has 2 saturated carbocycles. The summed E-state index contributed by atoms with van der Waals surface area (Å²) in [7, 11) is 3.33. The van der Waals surface area contributed by atoms with Gasteiger partial charge in [-0.3, -0.25) is 19.1 Å². The van der Waals surface area contributed by atoms with E-state index in [2.05, 4.69) is 26.4 Å². The molecule has 3 aliphatic carbocycles. The highest BCUT2D eigenvalue weighted by Crippen LogP contribution is 2.50. The van der Waals surface area contributed by atoms with Gasteiger partial charge in [0.2, 0.25) is 11.8 Å². The molecule has 1 unspecified atom stereocenters. The van der Waals surface area contributed by atoms with Crippen molar-refractivity contribution in [3.05, 3.63) is 34.5 Å². The number of aromatic nitrogens is 2. The largest absolute Gasteiger partial charge is 0.357 e. The number of amides is 5. The van der Waals surface area contributed by atoms with Crippen molar-refractivity contribution in [2.75, 3.05) is 25.5 Å². The smallest absolute Gasteiger partial charge is 0.318 e. The standard InChI is InChI=1S/C29H39N7O4S/c1-30-26(39)29(36-17-28(11-12-28)16-31-27(36)40)10-8-19-14-22(41-21(19)15-29)33-25(38)23(18-6-4-3-5-7-18)34-24(37)20-9-13-32-35(20)2/h9,13-14,18,23H,3-8,10-12,15-17H2,1-2H3,(H,30,39)(H,31,40)(H,33,38)(H,34,37)/t23-,29?/m0/s1. The molecule has 2 aromatic rings. The Bertz CT molecular complexity index is 1360. The fraction of sp³-hybridized carbons (Fsp3) is 0.621. The van der Waals surface area contributed by atoms with Crippen molar-refractivity contribution in [1.82, 2.24) is 30.6 Å². The quantitative estimate of drug-likeness (QED) is 0.398. The van der Waals surface area contributed by atoms with Gasteiger partial charge >= 0.3 is 6.03 Å². The molecule has 12 heteroatoms. The number of likely N-dealkylation sites (N-methyl/N-ethyl adjacent to an activating group) is 1. The first-order valence-corrected chi connectivity index (χ1v) is 15.5. The number of nitrogens with zero attached hydrogens (tertiary/aromatic N) is 3. The highest BCUT2D eigenvalue weighted by molar-refractivity contribution is 7.16. The molecule has 4 N–H and O–H groups in total. The lowest BCUT2D eigenvalue weighted by atomic mass is 9.78. The second-order valence-corrected chi connectivity index (χ2v) is 13.4. The van der Waals surface area contributed by atoms with Crippen LogP contribution in [0.1, 0.15) is 72.3 Å². The molecule has 1 aliphatic heterocycles. The van der Waals surface area contributed by atoms with Crippen molar-refractivity contribution in [2.24, 2.45) is 18.4 Å². The van der Waals surface area contributed by atoms with Crippen molar-refractivity contribution in [3.8, 4) is 0 Å². The zero-order valence-corrected chi connectivity index (χ0v) is 24.6. The van der Waals surface area contributed by atoms with E-state index in [1.807, 2.05) is 6.07 Å². The predicted molar refractivity (Wildman–Crippen MR) is 155 cm³/mol.